The molecule has 0 unspecified atom stereocenters. The molecular weight excluding hydrogens is 434 g/mol. The molecular formula is C23H21N9O2. The van der Waals surface area contributed by atoms with Gasteiger partial charge in [-0.3, -0.25) is 14.9 Å². The van der Waals surface area contributed by atoms with E-state index in [-0.39, 0.29) is 18.2 Å². The Morgan fingerprint density at radius 3 is 2.82 bits per heavy atom. The monoisotopic (exact) mass is 455 g/mol. The second-order valence-corrected chi connectivity index (χ2v) is 8.32. The van der Waals surface area contributed by atoms with E-state index in [1.54, 1.807) is 27.7 Å². The van der Waals surface area contributed by atoms with Crippen LogP contribution in [0, 0.1) is 0 Å². The molecule has 4 heterocycles. The Labute approximate surface area is 193 Å². The van der Waals surface area contributed by atoms with E-state index in [2.05, 4.69) is 36.1 Å². The highest BCUT2D eigenvalue weighted by molar-refractivity contribution is 6.15. The van der Waals surface area contributed by atoms with Crippen molar-refractivity contribution in [2.75, 3.05) is 10.6 Å². The summed E-state index contributed by atoms with van der Waals surface area (Å²) < 4.78 is 3.43. The molecule has 4 aromatic rings. The van der Waals surface area contributed by atoms with E-state index in [9.17, 15) is 9.59 Å². The maximum absolute atomic E-state index is 12.0. The molecule has 3 aromatic heterocycles. The highest BCUT2D eigenvalue weighted by Crippen LogP contribution is 2.26. The number of nitrogens with zero attached hydrogens (tertiary/aromatic N) is 6. The van der Waals surface area contributed by atoms with Crippen molar-refractivity contribution in [3.63, 3.8) is 0 Å². The lowest BCUT2D eigenvalue weighted by Gasteiger charge is -2.11. The molecule has 1 aliphatic carbocycles. The molecule has 6 rings (SSSR count). The zero-order chi connectivity index (χ0) is 23.1. The first-order valence-electron chi connectivity index (χ1n) is 11.0. The fourth-order valence-electron chi connectivity index (χ4n) is 3.80. The van der Waals surface area contributed by atoms with Crippen LogP contribution in [0.1, 0.15) is 30.4 Å². The van der Waals surface area contributed by atoms with Crippen LogP contribution in [0.25, 0.3) is 17.4 Å². The molecule has 11 nitrogen and oxygen atoms in total. The first kappa shape index (κ1) is 20.1. The van der Waals surface area contributed by atoms with Crippen LogP contribution in [-0.2, 0) is 16.1 Å². The van der Waals surface area contributed by atoms with E-state index in [1.807, 2.05) is 36.5 Å². The highest BCUT2D eigenvalue weighted by Gasteiger charge is 2.26. The highest BCUT2D eigenvalue weighted by atomic mass is 16.2. The van der Waals surface area contributed by atoms with Crippen LogP contribution in [0.15, 0.2) is 54.5 Å². The Bertz CT molecular complexity index is 1430. The molecule has 2 amide bonds. The number of hydrogen-bond donors (Lipinski definition) is 3. The smallest absolute Gasteiger partial charge is 0.254 e. The van der Waals surface area contributed by atoms with E-state index < -0.39 is 0 Å². The molecule has 1 saturated heterocycles. The number of amides is 2. The van der Waals surface area contributed by atoms with Gasteiger partial charge in [-0.1, -0.05) is 12.1 Å². The molecule has 0 atom stereocenters. The van der Waals surface area contributed by atoms with Gasteiger partial charge in [-0.2, -0.15) is 24.7 Å². The first-order valence-corrected chi connectivity index (χ1v) is 11.0. The average molecular weight is 455 g/mol. The third kappa shape index (κ3) is 3.98. The number of nitrogens with one attached hydrogen (secondary N) is 3. The van der Waals surface area contributed by atoms with Crippen molar-refractivity contribution in [1.82, 2.24) is 34.7 Å². The number of carbonyl (C=O) groups excluding carboxylic acids is 2. The number of rotatable bonds is 7. The van der Waals surface area contributed by atoms with Crippen molar-refractivity contribution >= 4 is 35.4 Å². The lowest BCUT2D eigenvalue weighted by Crippen LogP contribution is -2.19. The SMILES string of the molecule is O=C1C/C(=C\c2cnn3c(NC4CC4)nc(NCc4cccc(-n5cccn5)c4)nc23)C(=O)N1. The number of fused-ring (bicyclic) bond motifs is 1. The number of carbonyl (C=O) groups is 2. The Hall–Kier alpha value is -4.54. The van der Waals surface area contributed by atoms with Crippen molar-refractivity contribution in [1.29, 1.82) is 0 Å². The van der Waals surface area contributed by atoms with E-state index >= 15 is 0 Å². The van der Waals surface area contributed by atoms with Gasteiger partial charge in [-0.05, 0) is 42.7 Å². The largest absolute Gasteiger partial charge is 0.351 e. The average Bonchev–Trinajstić information content (AvgIpc) is 3.20. The van der Waals surface area contributed by atoms with Gasteiger partial charge in [0.2, 0.25) is 17.8 Å². The Morgan fingerprint density at radius 1 is 1.15 bits per heavy atom. The first-order chi connectivity index (χ1) is 16.6. The van der Waals surface area contributed by atoms with Crippen LogP contribution >= 0.6 is 0 Å². The van der Waals surface area contributed by atoms with Crippen LogP contribution < -0.4 is 16.0 Å². The summed E-state index contributed by atoms with van der Waals surface area (Å²) in [6.07, 6.45) is 9.13. The molecule has 1 saturated carbocycles. The van der Waals surface area contributed by atoms with Crippen LogP contribution in [0.4, 0.5) is 11.9 Å². The molecule has 11 heteroatoms. The predicted molar refractivity (Wildman–Crippen MR) is 124 cm³/mol. The van der Waals surface area contributed by atoms with Crippen LogP contribution in [0.5, 0.6) is 0 Å². The summed E-state index contributed by atoms with van der Waals surface area (Å²) in [5.74, 6) is 0.326. The van der Waals surface area contributed by atoms with Gasteiger partial charge < -0.3 is 10.6 Å². The molecule has 34 heavy (non-hydrogen) atoms. The van der Waals surface area contributed by atoms with E-state index in [0.29, 0.717) is 41.3 Å². The van der Waals surface area contributed by atoms with Gasteiger partial charge in [-0.25, -0.2) is 4.68 Å². The number of aromatic nitrogens is 6. The summed E-state index contributed by atoms with van der Waals surface area (Å²) in [4.78, 5) is 32.9. The minimum atomic E-state index is -0.384. The number of hydrogen-bond acceptors (Lipinski definition) is 8. The summed E-state index contributed by atoms with van der Waals surface area (Å²) in [6.45, 7) is 0.510. The van der Waals surface area contributed by atoms with Crippen molar-refractivity contribution < 1.29 is 9.59 Å². The van der Waals surface area contributed by atoms with Gasteiger partial charge in [0.25, 0.3) is 5.91 Å². The lowest BCUT2D eigenvalue weighted by molar-refractivity contribution is -0.124. The summed E-state index contributed by atoms with van der Waals surface area (Å²) in [7, 11) is 0. The van der Waals surface area contributed by atoms with Crippen molar-refractivity contribution in [2.45, 2.75) is 31.8 Å². The van der Waals surface area contributed by atoms with E-state index in [1.165, 1.54) is 0 Å². The zero-order valence-electron chi connectivity index (χ0n) is 18.1. The van der Waals surface area contributed by atoms with Gasteiger partial charge in [0.05, 0.1) is 18.3 Å². The standard InChI is InChI=1S/C23H21N9O2/c33-19-11-15(21(34)28-19)10-16-13-26-32-20(16)29-22(30-23(32)27-17-5-6-17)24-12-14-3-1-4-18(9-14)31-8-2-7-25-31/h1-4,7-10,13,17H,5-6,11-12H2,(H,28,33,34)(H2,24,27,29,30)/b15-10+. The topological polar surface area (TPSA) is 131 Å². The van der Waals surface area contributed by atoms with Crippen molar-refractivity contribution in [3.8, 4) is 5.69 Å². The van der Waals surface area contributed by atoms with Crippen LogP contribution in [-0.4, -0.2) is 47.2 Å². The van der Waals surface area contributed by atoms with Gasteiger partial charge in [0.1, 0.15) is 0 Å². The maximum atomic E-state index is 12.0. The Morgan fingerprint density at radius 2 is 2.06 bits per heavy atom. The Kier molecular flexibility index (Phi) is 4.79. The normalized spacial score (nSPS) is 16.9. The number of imide groups is 1. The van der Waals surface area contributed by atoms with Gasteiger partial charge >= 0.3 is 0 Å². The molecule has 2 aliphatic rings. The zero-order valence-corrected chi connectivity index (χ0v) is 18.1. The fraction of sp³-hybridized carbons (Fsp3) is 0.217. The number of anilines is 2. The summed E-state index contributed by atoms with van der Waals surface area (Å²) >= 11 is 0. The van der Waals surface area contributed by atoms with E-state index in [0.717, 1.165) is 24.1 Å². The quantitative estimate of drug-likeness (QED) is 0.285. The third-order valence-electron chi connectivity index (χ3n) is 5.66. The third-order valence-corrected chi connectivity index (χ3v) is 5.66. The molecule has 1 aromatic carbocycles. The van der Waals surface area contributed by atoms with Crippen LogP contribution in [0.2, 0.25) is 0 Å². The summed E-state index contributed by atoms with van der Waals surface area (Å²) in [6, 6.07) is 10.3. The second-order valence-electron chi connectivity index (χ2n) is 8.32. The van der Waals surface area contributed by atoms with Crippen molar-refractivity contribution in [2.24, 2.45) is 0 Å². The molecule has 3 N–H and O–H groups in total. The van der Waals surface area contributed by atoms with Gasteiger partial charge in [-0.15, -0.1) is 0 Å². The fourth-order valence-corrected chi connectivity index (χ4v) is 3.80. The van der Waals surface area contributed by atoms with Gasteiger partial charge in [0, 0.05) is 36.1 Å². The second kappa shape index (κ2) is 8.10. The molecule has 2 fully saturated rings. The lowest BCUT2D eigenvalue weighted by atomic mass is 10.1. The molecule has 0 spiro atoms. The van der Waals surface area contributed by atoms with Crippen molar-refractivity contribution in [3.05, 3.63) is 65.6 Å². The molecule has 1 aliphatic heterocycles. The molecule has 0 radical (unpaired) electrons. The minimum absolute atomic E-state index is 0.0478. The Balaban J connectivity index is 1.31. The molecule has 0 bridgehead atoms. The van der Waals surface area contributed by atoms with Crippen LogP contribution in [0.3, 0.4) is 0 Å². The number of benzene rings is 1. The summed E-state index contributed by atoms with van der Waals surface area (Å²) in [5, 5.41) is 17.7. The predicted octanol–water partition coefficient (Wildman–Crippen LogP) is 1.93. The maximum Gasteiger partial charge on any atom is 0.254 e. The molecule has 170 valence electrons. The van der Waals surface area contributed by atoms with E-state index in [4.69, 9.17) is 0 Å². The minimum Gasteiger partial charge on any atom is -0.351 e. The summed E-state index contributed by atoms with van der Waals surface area (Å²) in [5.41, 5.74) is 3.59. The van der Waals surface area contributed by atoms with Gasteiger partial charge in [0.15, 0.2) is 5.65 Å².